The first-order valence-corrected chi connectivity index (χ1v) is 7.54. The Balaban J connectivity index is 1.88. The van der Waals surface area contributed by atoms with Gasteiger partial charge in [-0.3, -0.25) is 14.4 Å². The molecule has 1 aromatic heterocycles. The average molecular weight is 335 g/mol. The van der Waals surface area contributed by atoms with Crippen molar-refractivity contribution in [1.82, 2.24) is 5.06 Å². The molecule has 0 unspecified atom stereocenters. The molecule has 0 atom stereocenters. The number of hydrogen-bond acceptors (Lipinski definition) is 4. The highest BCUT2D eigenvalue weighted by Gasteiger charge is 2.24. The number of nitrogens with one attached hydrogen (secondary N) is 1. The number of rotatable bonds is 3. The van der Waals surface area contributed by atoms with Gasteiger partial charge in [0.15, 0.2) is 0 Å². The van der Waals surface area contributed by atoms with Crippen molar-refractivity contribution in [2.24, 2.45) is 0 Å². The van der Waals surface area contributed by atoms with Crippen molar-refractivity contribution in [2.75, 3.05) is 18.5 Å². The number of anilines is 1. The van der Waals surface area contributed by atoms with E-state index in [1.54, 1.807) is 25.1 Å². The molecule has 2 amide bonds. The van der Waals surface area contributed by atoms with Crippen LogP contribution in [0.3, 0.4) is 0 Å². The fraction of sp³-hybridized carbons (Fsp3) is 0.250. The molecule has 7 heteroatoms. The highest BCUT2D eigenvalue weighted by atomic mass is 35.5. The molecule has 1 aliphatic heterocycles. The molecule has 2 aromatic rings. The predicted octanol–water partition coefficient (Wildman–Crippen LogP) is 3.27. The summed E-state index contributed by atoms with van der Waals surface area (Å²) in [5.41, 5.74) is 1.06. The quantitative estimate of drug-likeness (QED) is 0.935. The number of hydroxylamine groups is 2. The van der Waals surface area contributed by atoms with Crippen molar-refractivity contribution in [3.05, 3.63) is 52.4 Å². The molecule has 1 aliphatic rings. The van der Waals surface area contributed by atoms with E-state index < -0.39 is 0 Å². The zero-order chi connectivity index (χ0) is 16.4. The van der Waals surface area contributed by atoms with Gasteiger partial charge in [-0.2, -0.15) is 0 Å². The number of hydrogen-bond donors (Lipinski definition) is 1. The number of furan rings is 1. The van der Waals surface area contributed by atoms with Crippen LogP contribution in [0, 0.1) is 6.92 Å². The highest BCUT2D eigenvalue weighted by Crippen LogP contribution is 2.25. The lowest BCUT2D eigenvalue weighted by Gasteiger charge is -2.17. The van der Waals surface area contributed by atoms with Gasteiger partial charge in [-0.05, 0) is 37.6 Å². The minimum atomic E-state index is -0.366. The molecule has 0 aliphatic carbocycles. The molecule has 1 N–H and O–H groups in total. The Morgan fingerprint density at radius 3 is 2.74 bits per heavy atom. The van der Waals surface area contributed by atoms with E-state index in [1.807, 2.05) is 0 Å². The Hall–Kier alpha value is -2.31. The average Bonchev–Trinajstić information content (AvgIpc) is 3.18. The van der Waals surface area contributed by atoms with E-state index in [0.717, 1.165) is 6.42 Å². The Bertz CT molecular complexity index is 750. The molecule has 6 nitrogen and oxygen atoms in total. The maximum atomic E-state index is 12.5. The number of halogens is 1. The molecule has 1 fully saturated rings. The minimum absolute atomic E-state index is 0.307. The lowest BCUT2D eigenvalue weighted by molar-refractivity contribution is -0.0767. The zero-order valence-corrected chi connectivity index (χ0v) is 13.2. The van der Waals surface area contributed by atoms with Crippen LogP contribution in [0.4, 0.5) is 5.69 Å². The largest absolute Gasteiger partial charge is 0.469 e. The van der Waals surface area contributed by atoms with Crippen LogP contribution < -0.4 is 5.32 Å². The van der Waals surface area contributed by atoms with E-state index in [2.05, 4.69) is 5.32 Å². The number of carbonyl (C=O) groups is 2. The molecular weight excluding hydrogens is 320 g/mol. The topological polar surface area (TPSA) is 71.8 Å². The van der Waals surface area contributed by atoms with Crippen LogP contribution in [0.15, 0.2) is 34.9 Å². The van der Waals surface area contributed by atoms with Gasteiger partial charge < -0.3 is 9.73 Å². The van der Waals surface area contributed by atoms with Crippen LogP contribution in [0.5, 0.6) is 0 Å². The third kappa shape index (κ3) is 3.23. The first-order valence-electron chi connectivity index (χ1n) is 7.16. The molecule has 1 aromatic carbocycles. The lowest BCUT2D eigenvalue weighted by Crippen LogP contribution is -2.28. The van der Waals surface area contributed by atoms with Gasteiger partial charge in [0.1, 0.15) is 5.76 Å². The molecule has 0 spiro atoms. The molecular formula is C16H15ClN2O4. The summed E-state index contributed by atoms with van der Waals surface area (Å²) >= 11 is 5.99. The Morgan fingerprint density at radius 2 is 2.09 bits per heavy atom. The number of aryl methyl sites for hydroxylation is 1. The molecule has 1 saturated heterocycles. The van der Waals surface area contributed by atoms with Gasteiger partial charge in [0, 0.05) is 5.02 Å². The van der Waals surface area contributed by atoms with Crippen molar-refractivity contribution < 1.29 is 18.8 Å². The fourth-order valence-electron chi connectivity index (χ4n) is 2.36. The SMILES string of the molecule is Cc1occc1C(=O)Nc1cc(Cl)ccc1C(=O)N1CCCO1. The molecule has 2 heterocycles. The Labute approximate surface area is 137 Å². The van der Waals surface area contributed by atoms with Crippen molar-refractivity contribution in [3.8, 4) is 0 Å². The normalized spacial score (nSPS) is 14.1. The number of carbonyl (C=O) groups excluding carboxylic acids is 2. The summed E-state index contributed by atoms with van der Waals surface area (Å²) < 4.78 is 5.12. The van der Waals surface area contributed by atoms with Crippen molar-refractivity contribution in [2.45, 2.75) is 13.3 Å². The van der Waals surface area contributed by atoms with Gasteiger partial charge in [-0.15, -0.1) is 0 Å². The van der Waals surface area contributed by atoms with Crippen molar-refractivity contribution in [1.29, 1.82) is 0 Å². The van der Waals surface area contributed by atoms with Crippen LogP contribution in [0.1, 0.15) is 32.9 Å². The molecule has 0 saturated carbocycles. The lowest BCUT2D eigenvalue weighted by atomic mass is 10.1. The highest BCUT2D eigenvalue weighted by molar-refractivity contribution is 6.31. The van der Waals surface area contributed by atoms with Gasteiger partial charge in [-0.1, -0.05) is 11.6 Å². The van der Waals surface area contributed by atoms with Crippen molar-refractivity contribution in [3.63, 3.8) is 0 Å². The predicted molar refractivity (Wildman–Crippen MR) is 84.5 cm³/mol. The smallest absolute Gasteiger partial charge is 0.279 e. The summed E-state index contributed by atoms with van der Waals surface area (Å²) in [6.45, 7) is 2.72. The number of benzene rings is 1. The van der Waals surface area contributed by atoms with Gasteiger partial charge in [0.2, 0.25) is 0 Å². The van der Waals surface area contributed by atoms with Crippen LogP contribution >= 0.6 is 11.6 Å². The standard InChI is InChI=1S/C16H15ClN2O4/c1-10-12(5-8-22-10)15(20)18-14-9-11(17)3-4-13(14)16(21)19-6-2-7-23-19/h3-5,8-9H,2,6-7H2,1H3,(H,18,20). The van der Waals surface area contributed by atoms with E-state index in [0.29, 0.717) is 40.7 Å². The summed E-state index contributed by atoms with van der Waals surface area (Å²) in [6.07, 6.45) is 2.22. The van der Waals surface area contributed by atoms with Crippen LogP contribution in [0.25, 0.3) is 0 Å². The monoisotopic (exact) mass is 334 g/mol. The van der Waals surface area contributed by atoms with E-state index in [-0.39, 0.29) is 11.8 Å². The van der Waals surface area contributed by atoms with Gasteiger partial charge >= 0.3 is 0 Å². The second-order valence-corrected chi connectivity index (χ2v) is 5.56. The van der Waals surface area contributed by atoms with Crippen LogP contribution in [-0.2, 0) is 4.84 Å². The second kappa shape index (κ2) is 6.44. The van der Waals surface area contributed by atoms with Gasteiger partial charge in [-0.25, -0.2) is 5.06 Å². The summed E-state index contributed by atoms with van der Waals surface area (Å²) in [6, 6.07) is 6.28. The van der Waals surface area contributed by atoms with Crippen LogP contribution in [0.2, 0.25) is 5.02 Å². The molecule has 23 heavy (non-hydrogen) atoms. The summed E-state index contributed by atoms with van der Waals surface area (Å²) in [5.74, 6) is -0.173. The van der Waals surface area contributed by atoms with Gasteiger partial charge in [0.25, 0.3) is 11.8 Å². The van der Waals surface area contributed by atoms with E-state index in [9.17, 15) is 9.59 Å². The summed E-state index contributed by atoms with van der Waals surface area (Å²) in [4.78, 5) is 30.1. The third-order valence-electron chi connectivity index (χ3n) is 3.54. The molecule has 0 bridgehead atoms. The van der Waals surface area contributed by atoms with E-state index >= 15 is 0 Å². The molecule has 3 rings (SSSR count). The first kappa shape index (κ1) is 15.6. The number of amides is 2. The maximum Gasteiger partial charge on any atom is 0.279 e. The summed E-state index contributed by atoms with van der Waals surface area (Å²) in [5, 5.41) is 4.43. The molecule has 0 radical (unpaired) electrons. The van der Waals surface area contributed by atoms with E-state index in [4.69, 9.17) is 20.9 Å². The Kier molecular flexibility index (Phi) is 4.36. The minimum Gasteiger partial charge on any atom is -0.469 e. The first-order chi connectivity index (χ1) is 11.1. The fourth-order valence-corrected chi connectivity index (χ4v) is 2.53. The molecule has 120 valence electrons. The number of nitrogens with zero attached hydrogens (tertiary/aromatic N) is 1. The van der Waals surface area contributed by atoms with Gasteiger partial charge in [0.05, 0.1) is 36.2 Å². The third-order valence-corrected chi connectivity index (χ3v) is 3.78. The summed E-state index contributed by atoms with van der Waals surface area (Å²) in [7, 11) is 0. The van der Waals surface area contributed by atoms with E-state index in [1.165, 1.54) is 17.4 Å². The van der Waals surface area contributed by atoms with Crippen LogP contribution in [-0.4, -0.2) is 30.0 Å². The second-order valence-electron chi connectivity index (χ2n) is 5.13. The zero-order valence-electron chi connectivity index (χ0n) is 12.5. The Morgan fingerprint density at radius 1 is 1.26 bits per heavy atom. The van der Waals surface area contributed by atoms with Crippen molar-refractivity contribution >= 4 is 29.1 Å². The maximum absolute atomic E-state index is 12.5.